The first-order valence-electron chi connectivity index (χ1n) is 8.63. The number of nitrogens with zero attached hydrogens (tertiary/aromatic N) is 1. The zero-order chi connectivity index (χ0) is 19.4. The SMILES string of the molecule is O=C(Nc1c(Cl)cccc1Cl)C1CCN(S(=O)(=O)Cc2ccccc2)CC1. The van der Waals surface area contributed by atoms with E-state index >= 15 is 0 Å². The van der Waals surface area contributed by atoms with Crippen molar-refractivity contribution in [3.05, 3.63) is 64.1 Å². The van der Waals surface area contributed by atoms with Crippen LogP contribution in [-0.2, 0) is 20.6 Å². The van der Waals surface area contributed by atoms with Gasteiger partial charge in [-0.25, -0.2) is 12.7 Å². The summed E-state index contributed by atoms with van der Waals surface area (Å²) in [7, 11) is -3.40. The van der Waals surface area contributed by atoms with Crippen LogP contribution in [-0.4, -0.2) is 31.7 Å². The second kappa shape index (κ2) is 8.61. The second-order valence-corrected chi connectivity index (χ2v) is 9.28. The molecule has 1 aliphatic rings. The normalized spacial score (nSPS) is 16.2. The molecule has 0 aromatic heterocycles. The number of sulfonamides is 1. The van der Waals surface area contributed by atoms with Crippen LogP contribution in [0.5, 0.6) is 0 Å². The van der Waals surface area contributed by atoms with Crippen molar-refractivity contribution in [2.24, 2.45) is 5.92 Å². The number of amides is 1. The molecule has 3 rings (SSSR count). The highest BCUT2D eigenvalue weighted by molar-refractivity contribution is 7.88. The maximum atomic E-state index is 12.6. The van der Waals surface area contributed by atoms with Crippen LogP contribution in [0.4, 0.5) is 5.69 Å². The van der Waals surface area contributed by atoms with Crippen LogP contribution in [0.2, 0.25) is 10.0 Å². The standard InChI is InChI=1S/C19H20Cl2N2O3S/c20-16-7-4-8-17(21)18(16)22-19(24)15-9-11-23(12-10-15)27(25,26)13-14-5-2-1-3-6-14/h1-8,15H,9-13H2,(H,22,24). The van der Waals surface area contributed by atoms with Crippen LogP contribution < -0.4 is 5.32 Å². The highest BCUT2D eigenvalue weighted by Crippen LogP contribution is 2.31. The van der Waals surface area contributed by atoms with Gasteiger partial charge in [0.05, 0.1) is 21.5 Å². The van der Waals surface area contributed by atoms with E-state index in [0.717, 1.165) is 5.56 Å². The molecule has 0 unspecified atom stereocenters. The first-order valence-corrected chi connectivity index (χ1v) is 11.0. The third kappa shape index (κ3) is 5.02. The van der Waals surface area contributed by atoms with Gasteiger partial charge >= 0.3 is 0 Å². The molecule has 1 heterocycles. The van der Waals surface area contributed by atoms with Crippen molar-refractivity contribution < 1.29 is 13.2 Å². The predicted molar refractivity (Wildman–Crippen MR) is 108 cm³/mol. The molecule has 0 spiro atoms. The maximum absolute atomic E-state index is 12.6. The minimum Gasteiger partial charge on any atom is -0.323 e. The highest BCUT2D eigenvalue weighted by Gasteiger charge is 2.31. The third-order valence-corrected chi connectivity index (χ3v) is 7.10. The number of hydrogen-bond acceptors (Lipinski definition) is 3. The molecular formula is C19H20Cl2N2O3S. The molecule has 1 N–H and O–H groups in total. The summed E-state index contributed by atoms with van der Waals surface area (Å²) in [5.41, 5.74) is 1.15. The van der Waals surface area contributed by atoms with E-state index in [1.54, 1.807) is 30.3 Å². The molecule has 0 bridgehead atoms. The molecule has 0 saturated carbocycles. The van der Waals surface area contributed by atoms with Gasteiger partial charge in [-0.05, 0) is 30.5 Å². The van der Waals surface area contributed by atoms with Crippen LogP contribution in [0, 0.1) is 5.92 Å². The molecule has 0 radical (unpaired) electrons. The highest BCUT2D eigenvalue weighted by atomic mass is 35.5. The van der Waals surface area contributed by atoms with Gasteiger partial charge in [-0.3, -0.25) is 4.79 Å². The molecule has 27 heavy (non-hydrogen) atoms. The minimum atomic E-state index is -3.40. The molecule has 144 valence electrons. The van der Waals surface area contributed by atoms with Crippen LogP contribution in [0.3, 0.4) is 0 Å². The molecule has 5 nitrogen and oxygen atoms in total. The summed E-state index contributed by atoms with van der Waals surface area (Å²) in [5, 5.41) is 3.52. The van der Waals surface area contributed by atoms with Gasteiger partial charge in [0, 0.05) is 19.0 Å². The average molecular weight is 427 g/mol. The topological polar surface area (TPSA) is 66.5 Å². The van der Waals surface area contributed by atoms with Crippen molar-refractivity contribution in [1.82, 2.24) is 4.31 Å². The Hall–Kier alpha value is -1.60. The number of para-hydroxylation sites is 1. The summed E-state index contributed by atoms with van der Waals surface area (Å²) < 4.78 is 26.7. The van der Waals surface area contributed by atoms with Gasteiger partial charge in [0.15, 0.2) is 0 Å². The zero-order valence-electron chi connectivity index (χ0n) is 14.6. The first-order chi connectivity index (χ1) is 12.9. The van der Waals surface area contributed by atoms with E-state index in [9.17, 15) is 13.2 Å². The summed E-state index contributed by atoms with van der Waals surface area (Å²) in [4.78, 5) is 12.5. The maximum Gasteiger partial charge on any atom is 0.227 e. The van der Waals surface area contributed by atoms with Crippen molar-refractivity contribution >= 4 is 44.8 Å². The smallest absolute Gasteiger partial charge is 0.227 e. The predicted octanol–water partition coefficient (Wildman–Crippen LogP) is 4.17. The van der Waals surface area contributed by atoms with Crippen LogP contribution in [0.25, 0.3) is 0 Å². The van der Waals surface area contributed by atoms with Crippen molar-refractivity contribution in [2.45, 2.75) is 18.6 Å². The molecule has 1 aliphatic heterocycles. The first kappa shape index (κ1) is 20.1. The Labute approximate surface area is 169 Å². The molecule has 2 aromatic rings. The summed E-state index contributed by atoms with van der Waals surface area (Å²) in [5.74, 6) is -0.495. The minimum absolute atomic E-state index is 0.0278. The lowest BCUT2D eigenvalue weighted by Gasteiger charge is -2.30. The fraction of sp³-hybridized carbons (Fsp3) is 0.316. The summed E-state index contributed by atoms with van der Waals surface area (Å²) in [6, 6.07) is 14.1. The molecule has 0 atom stereocenters. The molecule has 1 amide bonds. The van der Waals surface area contributed by atoms with Crippen LogP contribution in [0.15, 0.2) is 48.5 Å². The molecular weight excluding hydrogens is 407 g/mol. The Balaban J connectivity index is 1.59. The van der Waals surface area contributed by atoms with Gasteiger partial charge in [0.1, 0.15) is 0 Å². The fourth-order valence-electron chi connectivity index (χ4n) is 3.11. The summed E-state index contributed by atoms with van der Waals surface area (Å²) in [6.07, 6.45) is 0.920. The Bertz CT molecular complexity index is 892. The Morgan fingerprint density at radius 1 is 1.00 bits per heavy atom. The monoisotopic (exact) mass is 426 g/mol. The Morgan fingerprint density at radius 2 is 1.59 bits per heavy atom. The van der Waals surface area contributed by atoms with E-state index < -0.39 is 10.0 Å². The fourth-order valence-corrected chi connectivity index (χ4v) is 5.17. The average Bonchev–Trinajstić information content (AvgIpc) is 2.65. The van der Waals surface area contributed by atoms with E-state index in [2.05, 4.69) is 5.32 Å². The van der Waals surface area contributed by atoms with Gasteiger partial charge in [-0.15, -0.1) is 0 Å². The van der Waals surface area contributed by atoms with Gasteiger partial charge in [-0.1, -0.05) is 59.6 Å². The number of piperidine rings is 1. The molecule has 1 saturated heterocycles. The lowest BCUT2D eigenvalue weighted by atomic mass is 9.97. The summed E-state index contributed by atoms with van der Waals surface area (Å²) >= 11 is 12.2. The third-order valence-electron chi connectivity index (χ3n) is 4.62. The number of nitrogens with one attached hydrogen (secondary N) is 1. The number of hydrogen-bond donors (Lipinski definition) is 1. The van der Waals surface area contributed by atoms with Crippen LogP contribution >= 0.6 is 23.2 Å². The van der Waals surface area contributed by atoms with Crippen LogP contribution in [0.1, 0.15) is 18.4 Å². The number of halogens is 2. The Kier molecular flexibility index (Phi) is 6.42. The number of anilines is 1. The number of rotatable bonds is 5. The van der Waals surface area contributed by atoms with Gasteiger partial charge in [0.2, 0.25) is 15.9 Å². The molecule has 0 aliphatic carbocycles. The zero-order valence-corrected chi connectivity index (χ0v) is 16.9. The van der Waals surface area contributed by atoms with E-state index in [1.807, 2.05) is 18.2 Å². The van der Waals surface area contributed by atoms with Gasteiger partial charge in [0.25, 0.3) is 0 Å². The van der Waals surface area contributed by atoms with E-state index in [4.69, 9.17) is 23.2 Å². The van der Waals surface area contributed by atoms with Crippen molar-refractivity contribution in [3.8, 4) is 0 Å². The van der Waals surface area contributed by atoms with E-state index in [-0.39, 0.29) is 17.6 Å². The molecule has 1 fully saturated rings. The lowest BCUT2D eigenvalue weighted by Crippen LogP contribution is -2.41. The van der Waals surface area contributed by atoms with Gasteiger partial charge < -0.3 is 5.32 Å². The van der Waals surface area contributed by atoms with E-state index in [0.29, 0.717) is 41.7 Å². The number of carbonyl (C=O) groups excluding carboxylic acids is 1. The quantitative estimate of drug-likeness (QED) is 0.779. The van der Waals surface area contributed by atoms with Crippen molar-refractivity contribution in [2.75, 3.05) is 18.4 Å². The second-order valence-electron chi connectivity index (χ2n) is 6.50. The largest absolute Gasteiger partial charge is 0.323 e. The number of benzene rings is 2. The van der Waals surface area contributed by atoms with Gasteiger partial charge in [-0.2, -0.15) is 0 Å². The number of carbonyl (C=O) groups is 1. The lowest BCUT2D eigenvalue weighted by molar-refractivity contribution is -0.120. The van der Waals surface area contributed by atoms with Crippen molar-refractivity contribution in [3.63, 3.8) is 0 Å². The van der Waals surface area contributed by atoms with Crippen molar-refractivity contribution in [1.29, 1.82) is 0 Å². The van der Waals surface area contributed by atoms with E-state index in [1.165, 1.54) is 4.31 Å². The molecule has 8 heteroatoms. The molecule has 2 aromatic carbocycles. The summed E-state index contributed by atoms with van der Waals surface area (Å²) in [6.45, 7) is 0.646. The Morgan fingerprint density at radius 3 is 2.19 bits per heavy atom.